The Kier molecular flexibility index (Phi) is 7.35. The average molecular weight is 528 g/mol. The number of halogens is 2. The van der Waals surface area contributed by atoms with Gasteiger partial charge in [0, 0.05) is 25.4 Å². The van der Waals surface area contributed by atoms with Crippen LogP contribution in [-0.2, 0) is 11.2 Å². The molecule has 0 bridgehead atoms. The van der Waals surface area contributed by atoms with E-state index in [-0.39, 0.29) is 29.1 Å². The zero-order chi connectivity index (χ0) is 27.8. The highest BCUT2D eigenvalue weighted by atomic mass is 19.1. The van der Waals surface area contributed by atoms with Gasteiger partial charge in [-0.1, -0.05) is 12.8 Å². The smallest absolute Gasteiger partial charge is 0.410 e. The molecule has 202 valence electrons. The molecule has 11 heteroatoms. The van der Waals surface area contributed by atoms with E-state index in [1.54, 1.807) is 15.8 Å². The van der Waals surface area contributed by atoms with Crippen LogP contribution in [-0.4, -0.2) is 58.7 Å². The number of anilines is 1. The van der Waals surface area contributed by atoms with Crippen LogP contribution in [0.15, 0.2) is 12.3 Å². The van der Waals surface area contributed by atoms with Crippen molar-refractivity contribution in [1.82, 2.24) is 19.7 Å². The van der Waals surface area contributed by atoms with Crippen LogP contribution in [0.1, 0.15) is 57.0 Å². The van der Waals surface area contributed by atoms with E-state index in [2.05, 4.69) is 16.8 Å². The molecule has 1 aliphatic heterocycles. The molecule has 2 N–H and O–H groups in total. The van der Waals surface area contributed by atoms with E-state index in [9.17, 15) is 13.6 Å². The molecule has 0 aliphatic carbocycles. The minimum absolute atomic E-state index is 0.182. The minimum atomic E-state index is -0.953. The molecule has 38 heavy (non-hydrogen) atoms. The van der Waals surface area contributed by atoms with Crippen molar-refractivity contribution in [2.24, 2.45) is 0 Å². The molecule has 9 nitrogen and oxygen atoms in total. The number of methoxy groups -OCH3 is 2. The average Bonchev–Trinajstić information content (AvgIpc) is 3.49. The van der Waals surface area contributed by atoms with Crippen LogP contribution in [0.3, 0.4) is 0 Å². The summed E-state index contributed by atoms with van der Waals surface area (Å²) in [6, 6.07) is 0.935. The Hall–Kier alpha value is -4.07. The standard InChI is InChI=1S/C27H31F2N5O4/c1-7-15-13-31-25(30)21-18(9-8-17-22(28)19(36-5)12-20(37-6)23(17)29)32-34(24(15)21)16-10-11-33(14-16)26(35)38-27(2,3)4/h12-13,16H,7,10-11,14H2,1-6H3,(H2,30,31)/t16-/m0/s1. The third-order valence-electron chi connectivity index (χ3n) is 6.25. The van der Waals surface area contributed by atoms with E-state index < -0.39 is 28.9 Å². The Bertz CT molecular complexity index is 1420. The predicted molar refractivity (Wildman–Crippen MR) is 138 cm³/mol. The number of aromatic nitrogens is 3. The Morgan fingerprint density at radius 1 is 1.18 bits per heavy atom. The molecular weight excluding hydrogens is 496 g/mol. The number of aryl methyl sites for hydroxylation is 1. The molecule has 1 aliphatic rings. The van der Waals surface area contributed by atoms with Gasteiger partial charge in [-0.25, -0.2) is 18.6 Å². The summed E-state index contributed by atoms with van der Waals surface area (Å²) in [4.78, 5) is 18.6. The summed E-state index contributed by atoms with van der Waals surface area (Å²) >= 11 is 0. The number of fused-ring (bicyclic) bond motifs is 1. The molecule has 0 unspecified atom stereocenters. The largest absolute Gasteiger partial charge is 0.493 e. The number of hydrogen-bond acceptors (Lipinski definition) is 7. The van der Waals surface area contributed by atoms with Crippen molar-refractivity contribution >= 4 is 22.8 Å². The van der Waals surface area contributed by atoms with Crippen molar-refractivity contribution in [2.75, 3.05) is 33.0 Å². The van der Waals surface area contributed by atoms with Gasteiger partial charge in [0.05, 0.1) is 31.2 Å². The van der Waals surface area contributed by atoms with Crippen LogP contribution < -0.4 is 15.2 Å². The molecule has 4 rings (SSSR count). The lowest BCUT2D eigenvalue weighted by molar-refractivity contribution is 0.0288. The number of nitrogens with zero attached hydrogens (tertiary/aromatic N) is 4. The number of pyridine rings is 1. The fraction of sp³-hybridized carbons (Fsp3) is 0.444. The molecule has 1 amide bonds. The van der Waals surface area contributed by atoms with E-state index in [0.717, 1.165) is 17.1 Å². The van der Waals surface area contributed by atoms with Gasteiger partial charge < -0.3 is 24.8 Å². The Balaban J connectivity index is 1.81. The second-order valence-electron chi connectivity index (χ2n) is 9.94. The number of carbonyl (C=O) groups excluding carboxylic acids is 1. The van der Waals surface area contributed by atoms with Crippen LogP contribution in [0.4, 0.5) is 19.4 Å². The molecule has 1 fully saturated rings. The predicted octanol–water partition coefficient (Wildman–Crippen LogP) is 4.45. The summed E-state index contributed by atoms with van der Waals surface area (Å²) in [6.45, 7) is 8.29. The van der Waals surface area contributed by atoms with Crippen molar-refractivity contribution in [3.63, 3.8) is 0 Å². The monoisotopic (exact) mass is 527 g/mol. The first-order chi connectivity index (χ1) is 18.0. The maximum Gasteiger partial charge on any atom is 0.410 e. The van der Waals surface area contributed by atoms with Gasteiger partial charge in [-0.05, 0) is 45.1 Å². The van der Waals surface area contributed by atoms with Gasteiger partial charge in [0.1, 0.15) is 22.7 Å². The molecule has 3 aromatic rings. The number of rotatable bonds is 4. The second kappa shape index (κ2) is 10.4. The maximum absolute atomic E-state index is 14.9. The first-order valence-corrected chi connectivity index (χ1v) is 12.2. The minimum Gasteiger partial charge on any atom is -0.493 e. The number of carbonyl (C=O) groups is 1. The number of likely N-dealkylation sites (tertiary alicyclic amines) is 1. The van der Waals surface area contributed by atoms with E-state index in [4.69, 9.17) is 25.0 Å². The number of hydrogen-bond donors (Lipinski definition) is 1. The van der Waals surface area contributed by atoms with Crippen LogP contribution in [0, 0.1) is 23.5 Å². The van der Waals surface area contributed by atoms with Crippen molar-refractivity contribution in [3.05, 3.63) is 40.7 Å². The zero-order valence-electron chi connectivity index (χ0n) is 22.3. The Morgan fingerprint density at radius 2 is 1.84 bits per heavy atom. The maximum atomic E-state index is 14.9. The van der Waals surface area contributed by atoms with E-state index in [1.165, 1.54) is 14.2 Å². The van der Waals surface area contributed by atoms with Gasteiger partial charge in [-0.2, -0.15) is 5.10 Å². The van der Waals surface area contributed by atoms with Crippen molar-refractivity contribution in [2.45, 2.75) is 52.2 Å². The van der Waals surface area contributed by atoms with Crippen molar-refractivity contribution in [3.8, 4) is 23.3 Å². The second-order valence-corrected chi connectivity index (χ2v) is 9.94. The molecule has 0 radical (unpaired) electrons. The first-order valence-electron chi connectivity index (χ1n) is 12.2. The summed E-state index contributed by atoms with van der Waals surface area (Å²) in [5.74, 6) is 3.23. The van der Waals surface area contributed by atoms with Crippen LogP contribution in [0.25, 0.3) is 10.9 Å². The number of nitrogen functional groups attached to an aromatic ring is 1. The highest BCUT2D eigenvalue weighted by Gasteiger charge is 2.33. The SMILES string of the molecule is CCc1cnc(N)c2c(C#Cc3c(F)c(OC)cc(OC)c3F)nn([C@H]3CCN(C(=O)OC(C)(C)C)C3)c12. The van der Waals surface area contributed by atoms with E-state index in [0.29, 0.717) is 31.3 Å². The lowest BCUT2D eigenvalue weighted by Gasteiger charge is -2.24. The Labute approximate surface area is 219 Å². The summed E-state index contributed by atoms with van der Waals surface area (Å²) in [6.07, 6.45) is 2.55. The van der Waals surface area contributed by atoms with Crippen molar-refractivity contribution < 1.29 is 27.8 Å². The van der Waals surface area contributed by atoms with Crippen LogP contribution in [0.5, 0.6) is 11.5 Å². The molecular formula is C27H31F2N5O4. The zero-order valence-corrected chi connectivity index (χ0v) is 22.3. The van der Waals surface area contributed by atoms with Gasteiger partial charge in [0.2, 0.25) is 0 Å². The van der Waals surface area contributed by atoms with Gasteiger partial charge in [-0.3, -0.25) is 4.68 Å². The normalized spacial score (nSPS) is 15.4. The van der Waals surface area contributed by atoms with Gasteiger partial charge in [0.25, 0.3) is 0 Å². The van der Waals surface area contributed by atoms with E-state index in [1.807, 2.05) is 27.7 Å². The summed E-state index contributed by atoms with van der Waals surface area (Å²) < 4.78 is 47.2. The van der Waals surface area contributed by atoms with Crippen molar-refractivity contribution in [1.29, 1.82) is 0 Å². The van der Waals surface area contributed by atoms with Gasteiger partial charge in [0.15, 0.2) is 23.1 Å². The fourth-order valence-electron chi connectivity index (χ4n) is 4.42. The summed E-state index contributed by atoms with van der Waals surface area (Å²) in [5, 5.41) is 5.19. The van der Waals surface area contributed by atoms with Crippen LogP contribution >= 0.6 is 0 Å². The number of amides is 1. The highest BCUT2D eigenvalue weighted by Crippen LogP contribution is 2.34. The molecule has 1 aromatic carbocycles. The highest BCUT2D eigenvalue weighted by molar-refractivity contribution is 5.95. The Morgan fingerprint density at radius 3 is 2.42 bits per heavy atom. The quantitative estimate of drug-likeness (QED) is 0.500. The molecule has 0 saturated carbocycles. The molecule has 2 aromatic heterocycles. The van der Waals surface area contributed by atoms with Gasteiger partial charge in [-0.15, -0.1) is 0 Å². The topological polar surface area (TPSA) is 105 Å². The third-order valence-corrected chi connectivity index (χ3v) is 6.25. The summed E-state index contributed by atoms with van der Waals surface area (Å²) in [7, 11) is 2.53. The first kappa shape index (κ1) is 27.0. The number of ether oxygens (including phenoxy) is 3. The fourth-order valence-corrected chi connectivity index (χ4v) is 4.42. The number of nitrogens with two attached hydrogens (primary N) is 1. The number of benzene rings is 1. The van der Waals surface area contributed by atoms with Crippen LogP contribution in [0.2, 0.25) is 0 Å². The molecule has 1 atom stereocenters. The van der Waals surface area contributed by atoms with Gasteiger partial charge >= 0.3 is 6.09 Å². The molecule has 0 spiro atoms. The third kappa shape index (κ3) is 5.03. The lowest BCUT2D eigenvalue weighted by atomic mass is 10.1. The molecule has 3 heterocycles. The molecule has 1 saturated heterocycles. The van der Waals surface area contributed by atoms with E-state index >= 15 is 0 Å². The lowest BCUT2D eigenvalue weighted by Crippen LogP contribution is -2.35. The summed E-state index contributed by atoms with van der Waals surface area (Å²) in [5.41, 5.74) is 6.95.